The van der Waals surface area contributed by atoms with Gasteiger partial charge in [-0.2, -0.15) is 0 Å². The molecule has 7 heteroatoms. The molecule has 0 amide bonds. The number of hydrogen-bond donors (Lipinski definition) is 1. The summed E-state index contributed by atoms with van der Waals surface area (Å²) < 4.78 is 18.0. The van der Waals surface area contributed by atoms with Gasteiger partial charge < -0.3 is 19.9 Å². The van der Waals surface area contributed by atoms with E-state index >= 15 is 0 Å². The molecule has 2 aliphatic heterocycles. The Bertz CT molecular complexity index is 1240. The van der Waals surface area contributed by atoms with Crippen LogP contribution in [-0.2, 0) is 10.3 Å². The average molecular weight is 450 g/mol. The molecule has 0 unspecified atom stereocenters. The highest BCUT2D eigenvalue weighted by atomic mass is 35.5. The van der Waals surface area contributed by atoms with Crippen LogP contribution in [0.4, 0.5) is 0 Å². The van der Waals surface area contributed by atoms with E-state index in [-0.39, 0.29) is 18.0 Å². The standard InChI is InChI=1S/C25H24ClN3O3/c1-24(2,3)13-30-16-7-9-21-19(12-16)25(14-31-23(27)29-25)18-11-15(6-8-20(18)32-21)17-5-4-10-28-22(17)26/h4-12H,13-14H2,1-3H3,(H2,27,29)/t25-/m0/s1. The quantitative estimate of drug-likeness (QED) is 0.532. The molecule has 32 heavy (non-hydrogen) atoms. The van der Waals surface area contributed by atoms with E-state index in [0.717, 1.165) is 28.0 Å². The van der Waals surface area contributed by atoms with Crippen LogP contribution in [0.1, 0.15) is 31.9 Å². The van der Waals surface area contributed by atoms with Crippen molar-refractivity contribution in [2.75, 3.05) is 13.2 Å². The molecule has 6 nitrogen and oxygen atoms in total. The molecule has 164 valence electrons. The first-order chi connectivity index (χ1) is 15.2. The van der Waals surface area contributed by atoms with Gasteiger partial charge in [-0.1, -0.05) is 38.4 Å². The van der Waals surface area contributed by atoms with Crippen molar-refractivity contribution in [1.82, 2.24) is 4.98 Å². The van der Waals surface area contributed by atoms with Crippen LogP contribution < -0.4 is 15.2 Å². The molecule has 0 saturated heterocycles. The summed E-state index contributed by atoms with van der Waals surface area (Å²) in [6.07, 6.45) is 1.67. The van der Waals surface area contributed by atoms with Crippen LogP contribution in [0.25, 0.3) is 11.1 Å². The van der Waals surface area contributed by atoms with Crippen molar-refractivity contribution in [3.8, 4) is 28.4 Å². The van der Waals surface area contributed by atoms with Gasteiger partial charge in [0.15, 0.2) is 5.54 Å². The normalized spacial score (nSPS) is 18.9. The summed E-state index contributed by atoms with van der Waals surface area (Å²) in [6.45, 7) is 7.25. The Balaban J connectivity index is 1.64. The van der Waals surface area contributed by atoms with Gasteiger partial charge in [-0.25, -0.2) is 9.98 Å². The molecule has 1 atom stereocenters. The predicted molar refractivity (Wildman–Crippen MR) is 125 cm³/mol. The van der Waals surface area contributed by atoms with Gasteiger partial charge >= 0.3 is 0 Å². The Morgan fingerprint density at radius 1 is 1.09 bits per heavy atom. The minimum Gasteiger partial charge on any atom is -0.493 e. The molecule has 0 radical (unpaired) electrons. The number of ether oxygens (including phenoxy) is 3. The number of amidine groups is 1. The molecule has 1 aromatic heterocycles. The zero-order valence-corrected chi connectivity index (χ0v) is 18.9. The molecule has 5 rings (SSSR count). The first-order valence-corrected chi connectivity index (χ1v) is 10.8. The maximum atomic E-state index is 6.36. The van der Waals surface area contributed by atoms with Crippen molar-refractivity contribution in [2.24, 2.45) is 16.1 Å². The molecule has 2 N–H and O–H groups in total. The van der Waals surface area contributed by atoms with Gasteiger partial charge in [0.25, 0.3) is 6.02 Å². The Kier molecular flexibility index (Phi) is 4.78. The average Bonchev–Trinajstić information content (AvgIpc) is 3.15. The van der Waals surface area contributed by atoms with Gasteiger partial charge in [0.05, 0.1) is 6.61 Å². The second-order valence-corrected chi connectivity index (χ2v) is 9.62. The topological polar surface area (TPSA) is 79.0 Å². The van der Waals surface area contributed by atoms with Crippen molar-refractivity contribution < 1.29 is 14.2 Å². The van der Waals surface area contributed by atoms with Gasteiger partial charge in [-0.3, -0.25) is 0 Å². The zero-order valence-electron chi connectivity index (χ0n) is 18.2. The minimum absolute atomic E-state index is 0.0353. The Morgan fingerprint density at radius 3 is 2.53 bits per heavy atom. The number of benzene rings is 2. The van der Waals surface area contributed by atoms with Crippen LogP contribution in [0.5, 0.6) is 17.2 Å². The highest BCUT2D eigenvalue weighted by molar-refractivity contribution is 6.32. The first kappa shape index (κ1) is 20.6. The lowest BCUT2D eigenvalue weighted by atomic mass is 9.80. The fraction of sp³-hybridized carbons (Fsp3) is 0.280. The van der Waals surface area contributed by atoms with E-state index in [4.69, 9.17) is 36.5 Å². The molecule has 2 aliphatic rings. The fourth-order valence-electron chi connectivity index (χ4n) is 3.99. The van der Waals surface area contributed by atoms with Gasteiger partial charge in [0.1, 0.15) is 29.0 Å². The van der Waals surface area contributed by atoms with Crippen LogP contribution in [0, 0.1) is 5.41 Å². The van der Waals surface area contributed by atoms with E-state index in [2.05, 4.69) is 25.8 Å². The molecule has 3 aromatic rings. The Hall–Kier alpha value is -3.25. The summed E-state index contributed by atoms with van der Waals surface area (Å²) in [5.74, 6) is 2.15. The lowest BCUT2D eigenvalue weighted by Crippen LogP contribution is -2.31. The number of pyridine rings is 1. The summed E-state index contributed by atoms with van der Waals surface area (Å²) in [6, 6.07) is 15.6. The van der Waals surface area contributed by atoms with Crippen molar-refractivity contribution in [3.05, 3.63) is 71.0 Å². The Labute approximate surface area is 192 Å². The molecule has 2 aromatic carbocycles. The summed E-state index contributed by atoms with van der Waals surface area (Å²) in [7, 11) is 0. The number of aliphatic imine (C=N–C) groups is 1. The minimum atomic E-state index is -0.835. The maximum Gasteiger partial charge on any atom is 0.283 e. The highest BCUT2D eigenvalue weighted by Crippen LogP contribution is 2.52. The number of aromatic nitrogens is 1. The largest absolute Gasteiger partial charge is 0.493 e. The van der Waals surface area contributed by atoms with Crippen molar-refractivity contribution in [1.29, 1.82) is 0 Å². The highest BCUT2D eigenvalue weighted by Gasteiger charge is 2.47. The fourth-order valence-corrected chi connectivity index (χ4v) is 4.22. The number of fused-ring (bicyclic) bond motifs is 4. The van der Waals surface area contributed by atoms with E-state index in [1.165, 1.54) is 0 Å². The molecule has 0 saturated carbocycles. The van der Waals surface area contributed by atoms with Crippen LogP contribution in [0.15, 0.2) is 59.7 Å². The second-order valence-electron chi connectivity index (χ2n) is 9.26. The number of rotatable bonds is 3. The summed E-state index contributed by atoms with van der Waals surface area (Å²) in [5.41, 5.74) is 8.66. The number of halogens is 1. The van der Waals surface area contributed by atoms with Crippen molar-refractivity contribution >= 4 is 17.6 Å². The van der Waals surface area contributed by atoms with Gasteiger partial charge in [-0.15, -0.1) is 0 Å². The first-order valence-electron chi connectivity index (χ1n) is 10.4. The SMILES string of the molecule is CC(C)(C)COc1ccc2c(c1)[C@]1(COC(N)=N1)c1cc(-c3cccnc3Cl)ccc1O2. The molecule has 3 heterocycles. The van der Waals surface area contributed by atoms with E-state index in [1.54, 1.807) is 6.20 Å². The van der Waals surface area contributed by atoms with Crippen LogP contribution in [-0.4, -0.2) is 24.2 Å². The second kappa shape index (κ2) is 7.41. The van der Waals surface area contributed by atoms with Crippen LogP contribution >= 0.6 is 11.6 Å². The predicted octanol–water partition coefficient (Wildman–Crippen LogP) is 5.52. The van der Waals surface area contributed by atoms with Crippen molar-refractivity contribution in [3.63, 3.8) is 0 Å². The molecule has 0 bridgehead atoms. The van der Waals surface area contributed by atoms with Crippen molar-refractivity contribution in [2.45, 2.75) is 26.3 Å². The number of nitrogens with zero attached hydrogens (tertiary/aromatic N) is 2. The third-order valence-corrected chi connectivity index (χ3v) is 5.81. The zero-order chi connectivity index (χ0) is 22.5. The van der Waals surface area contributed by atoms with Gasteiger partial charge in [-0.05, 0) is 53.4 Å². The van der Waals surface area contributed by atoms with Gasteiger partial charge in [0, 0.05) is 22.9 Å². The third-order valence-electron chi connectivity index (χ3n) is 5.51. The number of hydrogen-bond acceptors (Lipinski definition) is 6. The van der Waals surface area contributed by atoms with E-state index in [1.807, 2.05) is 48.5 Å². The van der Waals surface area contributed by atoms with Crippen LogP contribution in [0.2, 0.25) is 5.15 Å². The molecule has 0 fully saturated rings. The molecular weight excluding hydrogens is 426 g/mol. The Morgan fingerprint density at radius 2 is 1.84 bits per heavy atom. The van der Waals surface area contributed by atoms with E-state index in [0.29, 0.717) is 23.3 Å². The molecule has 1 spiro atoms. The van der Waals surface area contributed by atoms with Crippen LogP contribution in [0.3, 0.4) is 0 Å². The van der Waals surface area contributed by atoms with E-state index < -0.39 is 5.54 Å². The molecular formula is C25H24ClN3O3. The molecule has 0 aliphatic carbocycles. The maximum absolute atomic E-state index is 6.36. The number of nitrogens with two attached hydrogens (primary N) is 1. The van der Waals surface area contributed by atoms with Gasteiger partial charge in [0.2, 0.25) is 0 Å². The van der Waals surface area contributed by atoms with E-state index in [9.17, 15) is 0 Å². The lowest BCUT2D eigenvalue weighted by Gasteiger charge is -2.34. The summed E-state index contributed by atoms with van der Waals surface area (Å²) in [4.78, 5) is 8.96. The monoisotopic (exact) mass is 449 g/mol. The third kappa shape index (κ3) is 3.54. The summed E-state index contributed by atoms with van der Waals surface area (Å²) >= 11 is 6.36. The summed E-state index contributed by atoms with van der Waals surface area (Å²) in [5, 5.41) is 0.433. The lowest BCUT2D eigenvalue weighted by molar-refractivity contribution is 0.197. The smallest absolute Gasteiger partial charge is 0.283 e.